The maximum Gasteiger partial charge on any atom is 0.253 e. The van der Waals surface area contributed by atoms with Crippen molar-refractivity contribution in [3.63, 3.8) is 0 Å². The Morgan fingerprint density at radius 2 is 1.60 bits per heavy atom. The van der Waals surface area contributed by atoms with E-state index < -0.39 is 15.1 Å². The zero-order chi connectivity index (χ0) is 21.6. The molecule has 1 aliphatic heterocycles. The van der Waals surface area contributed by atoms with E-state index in [9.17, 15) is 13.2 Å². The highest BCUT2D eigenvalue weighted by Crippen LogP contribution is 2.27. The first-order chi connectivity index (χ1) is 14.5. The molecule has 0 aliphatic carbocycles. The van der Waals surface area contributed by atoms with Crippen LogP contribution in [-0.2, 0) is 9.84 Å². The van der Waals surface area contributed by atoms with E-state index in [0.717, 1.165) is 18.6 Å². The van der Waals surface area contributed by atoms with Gasteiger partial charge in [-0.3, -0.25) is 4.79 Å². The summed E-state index contributed by atoms with van der Waals surface area (Å²) in [5.74, 6) is 1.30. The second kappa shape index (κ2) is 9.98. The highest BCUT2D eigenvalue weighted by molar-refractivity contribution is 7.92. The van der Waals surface area contributed by atoms with E-state index in [1.54, 1.807) is 48.4 Å². The quantitative estimate of drug-likeness (QED) is 0.592. The number of hydrogen-bond acceptors (Lipinski definition) is 5. The Balaban J connectivity index is 1.58. The van der Waals surface area contributed by atoms with Crippen LogP contribution in [-0.4, -0.2) is 51.3 Å². The molecule has 3 rings (SSSR count). The van der Waals surface area contributed by atoms with Crippen molar-refractivity contribution >= 4 is 15.7 Å². The van der Waals surface area contributed by atoms with Gasteiger partial charge in [-0.25, -0.2) is 8.42 Å². The number of amides is 1. The normalized spacial score (nSPS) is 15.1. The molecule has 0 spiro atoms. The summed E-state index contributed by atoms with van der Waals surface area (Å²) in [6.45, 7) is 3.62. The zero-order valence-electron chi connectivity index (χ0n) is 17.5. The van der Waals surface area contributed by atoms with Gasteiger partial charge in [0.2, 0.25) is 0 Å². The monoisotopic (exact) mass is 431 g/mol. The van der Waals surface area contributed by atoms with Gasteiger partial charge in [0.25, 0.3) is 5.91 Å². The van der Waals surface area contributed by atoms with Crippen molar-refractivity contribution in [3.05, 3.63) is 54.1 Å². The number of ether oxygens (including phenoxy) is 2. The van der Waals surface area contributed by atoms with E-state index in [4.69, 9.17) is 9.47 Å². The number of nitrogens with zero attached hydrogens (tertiary/aromatic N) is 1. The van der Waals surface area contributed by atoms with Crippen LogP contribution in [0.15, 0.2) is 53.4 Å². The van der Waals surface area contributed by atoms with Crippen molar-refractivity contribution in [1.29, 1.82) is 0 Å². The van der Waals surface area contributed by atoms with Gasteiger partial charge in [0.1, 0.15) is 11.5 Å². The van der Waals surface area contributed by atoms with Gasteiger partial charge in [-0.15, -0.1) is 0 Å². The third-order valence-corrected chi connectivity index (χ3v) is 7.70. The number of methoxy groups -OCH3 is 1. The lowest BCUT2D eigenvalue weighted by atomic mass is 10.1. The number of likely N-dealkylation sites (tertiary alicyclic amines) is 1. The topological polar surface area (TPSA) is 72.9 Å². The Bertz CT molecular complexity index is 931. The first kappa shape index (κ1) is 22.2. The predicted octanol–water partition coefficient (Wildman–Crippen LogP) is 3.95. The molecule has 0 radical (unpaired) electrons. The molecule has 0 bridgehead atoms. The maximum absolute atomic E-state index is 12.9. The third kappa shape index (κ3) is 5.14. The van der Waals surface area contributed by atoms with Gasteiger partial charge in [-0.1, -0.05) is 13.3 Å². The second-order valence-corrected chi connectivity index (χ2v) is 9.67. The highest BCUT2D eigenvalue weighted by Gasteiger charge is 2.33. The van der Waals surface area contributed by atoms with Crippen molar-refractivity contribution in [2.75, 3.05) is 26.8 Å². The Kier molecular flexibility index (Phi) is 7.37. The van der Waals surface area contributed by atoms with Crippen molar-refractivity contribution < 1.29 is 22.7 Å². The smallest absolute Gasteiger partial charge is 0.253 e. The Morgan fingerprint density at radius 3 is 2.17 bits per heavy atom. The number of hydrogen-bond donors (Lipinski definition) is 0. The second-order valence-electron chi connectivity index (χ2n) is 7.44. The van der Waals surface area contributed by atoms with Gasteiger partial charge in [-0.2, -0.15) is 0 Å². The molecule has 0 atom stereocenters. The van der Waals surface area contributed by atoms with Crippen molar-refractivity contribution in [2.24, 2.45) is 0 Å². The summed E-state index contributed by atoms with van der Waals surface area (Å²) in [6.07, 6.45) is 2.92. The molecule has 0 unspecified atom stereocenters. The van der Waals surface area contributed by atoms with Gasteiger partial charge in [0.05, 0.1) is 23.9 Å². The fraction of sp³-hybridized carbons (Fsp3) is 0.435. The molecule has 1 amide bonds. The van der Waals surface area contributed by atoms with Crippen LogP contribution >= 0.6 is 0 Å². The lowest BCUT2D eigenvalue weighted by molar-refractivity contribution is 0.0725. The van der Waals surface area contributed by atoms with Crippen LogP contribution in [0.5, 0.6) is 11.5 Å². The number of rotatable bonds is 8. The number of carbonyl (C=O) groups is 1. The summed E-state index contributed by atoms with van der Waals surface area (Å²) in [4.78, 5) is 14.8. The lowest BCUT2D eigenvalue weighted by Crippen LogP contribution is -2.42. The largest absolute Gasteiger partial charge is 0.497 e. The van der Waals surface area contributed by atoms with Gasteiger partial charge >= 0.3 is 0 Å². The average molecular weight is 432 g/mol. The SMILES string of the molecule is CCCCOc1ccc(C(=O)N2CCC(S(=O)(=O)c3ccc(OC)cc3)CC2)cc1. The van der Waals surface area contributed by atoms with Crippen molar-refractivity contribution in [3.8, 4) is 11.5 Å². The highest BCUT2D eigenvalue weighted by atomic mass is 32.2. The first-order valence-corrected chi connectivity index (χ1v) is 11.9. The molecule has 30 heavy (non-hydrogen) atoms. The summed E-state index contributed by atoms with van der Waals surface area (Å²) in [5.41, 5.74) is 0.592. The van der Waals surface area contributed by atoms with Gasteiger partial charge in [0.15, 0.2) is 9.84 Å². The van der Waals surface area contributed by atoms with Gasteiger partial charge < -0.3 is 14.4 Å². The molecule has 1 heterocycles. The number of unbranched alkanes of at least 4 members (excludes halogenated alkanes) is 1. The summed E-state index contributed by atoms with van der Waals surface area (Å²) < 4.78 is 36.6. The number of piperidine rings is 1. The lowest BCUT2D eigenvalue weighted by Gasteiger charge is -2.32. The standard InChI is InChI=1S/C23H29NO5S/c1-3-4-17-29-20-7-5-18(6-8-20)23(25)24-15-13-22(14-16-24)30(26,27)21-11-9-19(28-2)10-12-21/h5-12,22H,3-4,13-17H2,1-2H3. The first-order valence-electron chi connectivity index (χ1n) is 10.4. The van der Waals surface area contributed by atoms with E-state index in [0.29, 0.717) is 48.7 Å². The summed E-state index contributed by atoms with van der Waals surface area (Å²) in [7, 11) is -1.88. The molecular weight excluding hydrogens is 402 g/mol. The molecule has 1 fully saturated rings. The van der Waals surface area contributed by atoms with Crippen molar-refractivity contribution in [1.82, 2.24) is 4.90 Å². The molecule has 1 aliphatic rings. The molecule has 1 saturated heterocycles. The van der Waals surface area contributed by atoms with E-state index in [2.05, 4.69) is 6.92 Å². The average Bonchev–Trinajstić information content (AvgIpc) is 2.79. The Hall–Kier alpha value is -2.54. The number of sulfone groups is 1. The van der Waals surface area contributed by atoms with Crippen LogP contribution < -0.4 is 9.47 Å². The minimum atomic E-state index is -3.43. The van der Waals surface area contributed by atoms with Crippen LogP contribution in [0.4, 0.5) is 0 Å². The van der Waals surface area contributed by atoms with E-state index in [1.807, 2.05) is 12.1 Å². The minimum absolute atomic E-state index is 0.0737. The molecule has 2 aromatic rings. The fourth-order valence-corrected chi connectivity index (χ4v) is 5.27. The van der Waals surface area contributed by atoms with E-state index >= 15 is 0 Å². The van der Waals surface area contributed by atoms with Gasteiger partial charge in [-0.05, 0) is 67.8 Å². The molecule has 7 heteroatoms. The van der Waals surface area contributed by atoms with Crippen LogP contribution in [0.1, 0.15) is 43.0 Å². The van der Waals surface area contributed by atoms with Crippen LogP contribution in [0.3, 0.4) is 0 Å². The molecule has 0 saturated carbocycles. The number of benzene rings is 2. The van der Waals surface area contributed by atoms with Gasteiger partial charge in [0, 0.05) is 18.7 Å². The Morgan fingerprint density at radius 1 is 1.00 bits per heavy atom. The van der Waals surface area contributed by atoms with Crippen LogP contribution in [0.2, 0.25) is 0 Å². The zero-order valence-corrected chi connectivity index (χ0v) is 18.4. The van der Waals surface area contributed by atoms with E-state index in [1.165, 1.54) is 0 Å². The Labute approximate surface area is 178 Å². The molecular formula is C23H29NO5S. The van der Waals surface area contributed by atoms with Crippen LogP contribution in [0, 0.1) is 0 Å². The molecule has 0 N–H and O–H groups in total. The van der Waals surface area contributed by atoms with E-state index in [-0.39, 0.29) is 5.91 Å². The third-order valence-electron chi connectivity index (χ3n) is 5.42. The molecule has 2 aromatic carbocycles. The summed E-state index contributed by atoms with van der Waals surface area (Å²) >= 11 is 0. The summed E-state index contributed by atoms with van der Waals surface area (Å²) in [5, 5.41) is -0.482. The minimum Gasteiger partial charge on any atom is -0.497 e. The molecule has 6 nitrogen and oxygen atoms in total. The fourth-order valence-electron chi connectivity index (χ4n) is 3.54. The van der Waals surface area contributed by atoms with Crippen molar-refractivity contribution in [2.45, 2.75) is 42.8 Å². The van der Waals surface area contributed by atoms with Crippen LogP contribution in [0.25, 0.3) is 0 Å². The predicted molar refractivity (Wildman–Crippen MR) is 116 cm³/mol. The molecule has 162 valence electrons. The number of carbonyl (C=O) groups excluding carboxylic acids is 1. The summed E-state index contributed by atoms with van der Waals surface area (Å²) in [6, 6.07) is 13.6. The molecule has 0 aromatic heterocycles. The maximum atomic E-state index is 12.9.